The van der Waals surface area contributed by atoms with Gasteiger partial charge in [0.2, 0.25) is 0 Å². The van der Waals surface area contributed by atoms with Crippen molar-refractivity contribution in [3.05, 3.63) is 0 Å². The zero-order valence-electron chi connectivity index (χ0n) is 5.01. The van der Waals surface area contributed by atoms with Crippen molar-refractivity contribution in [2.45, 2.75) is 20.3 Å². The van der Waals surface area contributed by atoms with Gasteiger partial charge in [-0.3, -0.25) is 0 Å². The molecule has 5 heavy (non-hydrogen) atoms. The molecule has 0 rings (SSSR count). The van der Waals surface area contributed by atoms with E-state index in [0.717, 1.165) is 0 Å². The van der Waals surface area contributed by atoms with E-state index in [9.17, 15) is 0 Å². The van der Waals surface area contributed by atoms with E-state index in [1.165, 1.54) is 6.42 Å². The fourth-order valence-electron chi connectivity index (χ4n) is 0. The zero-order valence-corrected chi connectivity index (χ0v) is 4.95. The van der Waals surface area contributed by atoms with Crippen LogP contribution >= 0.6 is 0 Å². The summed E-state index contributed by atoms with van der Waals surface area (Å²) >= 11 is 0. The quantitative estimate of drug-likeness (QED) is 0.338. The second kappa shape index (κ2) is 19.4. The molecule has 0 atom stereocenters. The average Bonchev–Trinajstić information content (AvgIpc) is 0.918. The van der Waals surface area contributed by atoms with Gasteiger partial charge in [-0.1, -0.05) is 20.3 Å². The van der Waals surface area contributed by atoms with Gasteiger partial charge in [-0.15, -0.1) is 0 Å². The summed E-state index contributed by atoms with van der Waals surface area (Å²) in [4.78, 5) is 0. The third kappa shape index (κ3) is 39.9. The van der Waals surface area contributed by atoms with Crippen molar-refractivity contribution in [2.75, 3.05) is 0 Å². The average molecular weight is 116 g/mol. The molecular formula is C3H9CuLi. The first-order valence-electron chi connectivity index (χ1n) is 1.41. The molecule has 0 fully saturated rings. The van der Waals surface area contributed by atoms with Gasteiger partial charge in [0, 0.05) is 17.1 Å². The summed E-state index contributed by atoms with van der Waals surface area (Å²) in [5.41, 5.74) is 0. The monoisotopic (exact) mass is 115 g/mol. The molecule has 0 aliphatic rings. The molecule has 0 saturated carbocycles. The van der Waals surface area contributed by atoms with Gasteiger partial charge in [0.05, 0.1) is 0 Å². The molecular weight excluding hydrogens is 107 g/mol. The van der Waals surface area contributed by atoms with Crippen LogP contribution in [0.25, 0.3) is 0 Å². The van der Waals surface area contributed by atoms with E-state index in [1.54, 1.807) is 0 Å². The summed E-state index contributed by atoms with van der Waals surface area (Å²) in [7, 11) is 0. The van der Waals surface area contributed by atoms with E-state index >= 15 is 0 Å². The molecule has 1 radical (unpaired) electrons. The summed E-state index contributed by atoms with van der Waals surface area (Å²) in [6.07, 6.45) is 1.25. The summed E-state index contributed by atoms with van der Waals surface area (Å²) in [6, 6.07) is 0. The predicted octanol–water partition coefficient (Wildman–Crippen LogP) is -1.47. The molecule has 0 unspecified atom stereocenters. The van der Waals surface area contributed by atoms with Gasteiger partial charge in [-0.25, -0.2) is 0 Å². The number of rotatable bonds is 0. The Hall–Kier alpha value is 1.12. The van der Waals surface area contributed by atoms with Crippen LogP contribution in [0.15, 0.2) is 0 Å². The maximum atomic E-state index is 2.12. The largest absolute Gasteiger partial charge is 1.00 e. The second-order valence-corrected chi connectivity index (χ2v) is 0.707. The predicted molar refractivity (Wildman–Crippen MR) is 17.1 cm³/mol. The molecule has 0 spiro atoms. The molecule has 0 aliphatic carbocycles. The van der Waals surface area contributed by atoms with E-state index < -0.39 is 0 Å². The summed E-state index contributed by atoms with van der Waals surface area (Å²) in [6.45, 7) is 4.25. The van der Waals surface area contributed by atoms with E-state index in [1.807, 2.05) is 0 Å². The van der Waals surface area contributed by atoms with Crippen LogP contribution in [-0.4, -0.2) is 0 Å². The van der Waals surface area contributed by atoms with E-state index in [4.69, 9.17) is 0 Å². The van der Waals surface area contributed by atoms with Crippen LogP contribution in [0, 0.1) is 0 Å². The van der Waals surface area contributed by atoms with Gasteiger partial charge in [-0.05, 0) is 0 Å². The summed E-state index contributed by atoms with van der Waals surface area (Å²) in [5, 5.41) is 0. The molecule has 0 N–H and O–H groups in total. The maximum Gasteiger partial charge on any atom is 1.00 e. The zero-order chi connectivity index (χ0) is 2.71. The van der Waals surface area contributed by atoms with Crippen LogP contribution in [0.3, 0.4) is 0 Å². The SMILES string of the molecule is CCC.[Cu].[H-].[Li+]. The first-order valence-corrected chi connectivity index (χ1v) is 1.41. The van der Waals surface area contributed by atoms with Crippen LogP contribution in [0.4, 0.5) is 0 Å². The molecule has 0 amide bonds. The van der Waals surface area contributed by atoms with Gasteiger partial charge in [0.25, 0.3) is 0 Å². The van der Waals surface area contributed by atoms with Crippen molar-refractivity contribution in [1.29, 1.82) is 0 Å². The van der Waals surface area contributed by atoms with Crippen LogP contribution < -0.4 is 18.9 Å². The molecule has 2 heteroatoms. The van der Waals surface area contributed by atoms with E-state index in [-0.39, 0.29) is 37.4 Å². The summed E-state index contributed by atoms with van der Waals surface area (Å²) < 4.78 is 0. The van der Waals surface area contributed by atoms with Crippen molar-refractivity contribution in [3.8, 4) is 0 Å². The van der Waals surface area contributed by atoms with Crippen LogP contribution in [0.2, 0.25) is 0 Å². The van der Waals surface area contributed by atoms with Gasteiger partial charge >= 0.3 is 18.9 Å². The first kappa shape index (κ1) is 16.5. The fourth-order valence-corrected chi connectivity index (χ4v) is 0. The minimum atomic E-state index is 0. The Morgan fingerprint density at radius 1 is 1.40 bits per heavy atom. The van der Waals surface area contributed by atoms with Gasteiger partial charge in [-0.2, -0.15) is 0 Å². The smallest absolute Gasteiger partial charge is 1.00 e. The minimum Gasteiger partial charge on any atom is -1.00 e. The standard InChI is InChI=1S/C3H8.Cu.Li.H/c1-3-2;;;/h3H2,1-2H3;;;/q;;+1;-1. The van der Waals surface area contributed by atoms with Crippen molar-refractivity contribution in [3.63, 3.8) is 0 Å². The Morgan fingerprint density at radius 3 is 1.40 bits per heavy atom. The molecule has 0 aromatic heterocycles. The Kier molecular flexibility index (Phi) is 63.8. The van der Waals surface area contributed by atoms with E-state index in [2.05, 4.69) is 13.8 Å². The minimum absolute atomic E-state index is 0. The Labute approximate surface area is 57.8 Å². The molecule has 0 aliphatic heterocycles. The number of hydrogen-bond acceptors (Lipinski definition) is 0. The third-order valence-electron chi connectivity index (χ3n) is 0. The molecule has 0 bridgehead atoms. The van der Waals surface area contributed by atoms with Crippen molar-refractivity contribution in [1.82, 2.24) is 0 Å². The van der Waals surface area contributed by atoms with Gasteiger partial charge < -0.3 is 1.43 Å². The van der Waals surface area contributed by atoms with Crippen LogP contribution in [0.1, 0.15) is 21.7 Å². The van der Waals surface area contributed by atoms with Crippen LogP contribution in [0.5, 0.6) is 0 Å². The van der Waals surface area contributed by atoms with Gasteiger partial charge in [0.1, 0.15) is 0 Å². The Morgan fingerprint density at radius 2 is 1.40 bits per heavy atom. The van der Waals surface area contributed by atoms with Crippen molar-refractivity contribution < 1.29 is 37.4 Å². The molecule has 0 aromatic carbocycles. The summed E-state index contributed by atoms with van der Waals surface area (Å²) in [5.74, 6) is 0. The van der Waals surface area contributed by atoms with Crippen molar-refractivity contribution >= 4 is 0 Å². The third-order valence-corrected chi connectivity index (χ3v) is 0. The first-order chi connectivity index (χ1) is 1.41. The fraction of sp³-hybridized carbons (Fsp3) is 1.00. The Balaban J connectivity index is -0.00000000667. The topological polar surface area (TPSA) is 0 Å². The van der Waals surface area contributed by atoms with Gasteiger partial charge in [0.15, 0.2) is 0 Å². The maximum absolute atomic E-state index is 2.12. The Bertz CT molecular complexity index is 10.8. The second-order valence-electron chi connectivity index (χ2n) is 0.707. The van der Waals surface area contributed by atoms with Crippen molar-refractivity contribution in [2.24, 2.45) is 0 Å². The van der Waals surface area contributed by atoms with Crippen LogP contribution in [-0.2, 0) is 17.1 Å². The van der Waals surface area contributed by atoms with E-state index in [0.29, 0.717) is 0 Å². The molecule has 0 nitrogen and oxygen atoms in total. The number of hydrogen-bond donors (Lipinski definition) is 0. The molecule has 33 valence electrons. The normalized spacial score (nSPS) is 3.60. The molecule has 0 aromatic rings. The molecule has 0 saturated heterocycles. The molecule has 0 heterocycles.